The average Bonchev–Trinajstić information content (AvgIpc) is 2.44. The van der Waals surface area contributed by atoms with Crippen LogP contribution in [0.15, 0.2) is 42.5 Å². The van der Waals surface area contributed by atoms with E-state index < -0.39 is 30.4 Å². The van der Waals surface area contributed by atoms with Crippen molar-refractivity contribution in [2.24, 2.45) is 5.73 Å². The number of halogens is 6. The van der Waals surface area contributed by atoms with Crippen molar-refractivity contribution < 1.29 is 31.1 Å². The molecule has 0 saturated heterocycles. The quantitative estimate of drug-likeness (QED) is 0.823. The normalized spacial score (nSPS) is 12.3. The third-order valence-electron chi connectivity index (χ3n) is 3.05. The predicted molar refractivity (Wildman–Crippen MR) is 71.5 cm³/mol. The molecule has 2 N–H and O–H groups in total. The number of alkyl halides is 6. The molecule has 0 saturated carbocycles. The van der Waals surface area contributed by atoms with Crippen LogP contribution in [0.5, 0.6) is 5.75 Å². The van der Waals surface area contributed by atoms with E-state index in [0.29, 0.717) is 0 Å². The molecule has 0 aliphatic heterocycles. The highest BCUT2D eigenvalue weighted by Crippen LogP contribution is 2.37. The number of benzene rings is 2. The summed E-state index contributed by atoms with van der Waals surface area (Å²) in [6, 6.07) is 8.19. The molecule has 2 nitrogen and oxygen atoms in total. The van der Waals surface area contributed by atoms with Crippen LogP contribution >= 0.6 is 0 Å². The topological polar surface area (TPSA) is 35.2 Å². The first kappa shape index (κ1) is 17.1. The Bertz CT molecular complexity index is 693. The van der Waals surface area contributed by atoms with Crippen LogP contribution in [-0.4, -0.2) is 6.36 Å². The molecule has 2 aromatic rings. The summed E-state index contributed by atoms with van der Waals surface area (Å²) in [6.07, 6.45) is -9.49. The van der Waals surface area contributed by atoms with Gasteiger partial charge < -0.3 is 10.5 Å². The number of hydrogen-bond acceptors (Lipinski definition) is 2. The Hall–Kier alpha value is -2.22. The first-order chi connectivity index (χ1) is 10.6. The second-order valence-electron chi connectivity index (χ2n) is 4.62. The summed E-state index contributed by atoms with van der Waals surface area (Å²) >= 11 is 0. The van der Waals surface area contributed by atoms with E-state index >= 15 is 0 Å². The molecule has 2 aromatic carbocycles. The Morgan fingerprint density at radius 1 is 0.913 bits per heavy atom. The molecule has 0 aromatic heterocycles. The van der Waals surface area contributed by atoms with Gasteiger partial charge in [0.25, 0.3) is 0 Å². The maximum absolute atomic E-state index is 12.8. The highest BCUT2D eigenvalue weighted by Gasteiger charge is 2.34. The molecular weight excluding hydrogens is 324 g/mol. The van der Waals surface area contributed by atoms with Crippen LogP contribution in [-0.2, 0) is 12.7 Å². The summed E-state index contributed by atoms with van der Waals surface area (Å²) in [4.78, 5) is 0. The molecule has 0 aliphatic carbocycles. The second kappa shape index (κ2) is 6.11. The Morgan fingerprint density at radius 3 is 2.13 bits per heavy atom. The number of rotatable bonds is 3. The van der Waals surface area contributed by atoms with Crippen molar-refractivity contribution in [2.45, 2.75) is 19.1 Å². The molecular formula is C15H11F6NO. The van der Waals surface area contributed by atoms with Crippen molar-refractivity contribution in [3.05, 3.63) is 53.6 Å². The molecule has 0 bridgehead atoms. The first-order valence-electron chi connectivity index (χ1n) is 6.37. The Morgan fingerprint density at radius 2 is 1.57 bits per heavy atom. The summed E-state index contributed by atoms with van der Waals surface area (Å²) < 4.78 is 79.7. The molecule has 8 heteroatoms. The van der Waals surface area contributed by atoms with Gasteiger partial charge in [-0.15, -0.1) is 13.2 Å². The van der Waals surface area contributed by atoms with Crippen LogP contribution in [0.4, 0.5) is 26.3 Å². The van der Waals surface area contributed by atoms with Crippen molar-refractivity contribution >= 4 is 0 Å². The van der Waals surface area contributed by atoms with Crippen LogP contribution in [0.3, 0.4) is 0 Å². The molecule has 0 fully saturated rings. The fourth-order valence-electron chi connectivity index (χ4n) is 2.13. The molecule has 0 heterocycles. The van der Waals surface area contributed by atoms with E-state index in [0.717, 1.165) is 24.3 Å². The van der Waals surface area contributed by atoms with Gasteiger partial charge >= 0.3 is 12.5 Å². The minimum Gasteiger partial charge on any atom is -0.405 e. The molecule has 0 atom stereocenters. The molecule has 0 amide bonds. The zero-order valence-electron chi connectivity index (χ0n) is 11.5. The Labute approximate surface area is 127 Å². The van der Waals surface area contributed by atoms with Crippen LogP contribution in [0.1, 0.15) is 11.1 Å². The van der Waals surface area contributed by atoms with Gasteiger partial charge in [-0.1, -0.05) is 24.3 Å². The fraction of sp³-hybridized carbons (Fsp3) is 0.200. The smallest absolute Gasteiger partial charge is 0.405 e. The van der Waals surface area contributed by atoms with Gasteiger partial charge in [0.15, 0.2) is 0 Å². The predicted octanol–water partition coefficient (Wildman–Crippen LogP) is 4.73. The minimum absolute atomic E-state index is 0.0215. The monoisotopic (exact) mass is 335 g/mol. The lowest BCUT2D eigenvalue weighted by atomic mass is 9.98. The number of hydrogen-bond donors (Lipinski definition) is 1. The summed E-state index contributed by atoms with van der Waals surface area (Å²) in [7, 11) is 0. The SMILES string of the molecule is NCc1cc(-c2ccccc2OC(F)(F)F)ccc1C(F)(F)F. The van der Waals surface area contributed by atoms with E-state index in [1.165, 1.54) is 18.2 Å². The molecule has 124 valence electrons. The lowest BCUT2D eigenvalue weighted by Gasteiger charge is -2.16. The van der Waals surface area contributed by atoms with E-state index in [9.17, 15) is 26.3 Å². The summed E-state index contributed by atoms with van der Waals surface area (Å²) in [5.41, 5.74) is 4.37. The van der Waals surface area contributed by atoms with E-state index in [1.54, 1.807) is 0 Å². The second-order valence-corrected chi connectivity index (χ2v) is 4.62. The molecule has 0 unspecified atom stereocenters. The first-order valence-corrected chi connectivity index (χ1v) is 6.37. The molecule has 0 spiro atoms. The number of nitrogens with two attached hydrogens (primary N) is 1. The number of ether oxygens (including phenoxy) is 1. The zero-order valence-corrected chi connectivity index (χ0v) is 11.5. The van der Waals surface area contributed by atoms with Gasteiger partial charge in [-0.3, -0.25) is 0 Å². The Kier molecular flexibility index (Phi) is 4.56. The van der Waals surface area contributed by atoms with E-state index in [4.69, 9.17) is 5.73 Å². The van der Waals surface area contributed by atoms with Crippen LogP contribution in [0.2, 0.25) is 0 Å². The maximum Gasteiger partial charge on any atom is 0.573 e. The van der Waals surface area contributed by atoms with Crippen molar-refractivity contribution in [3.63, 3.8) is 0 Å². The molecule has 0 radical (unpaired) electrons. The average molecular weight is 335 g/mol. The highest BCUT2D eigenvalue weighted by molar-refractivity contribution is 5.71. The standard InChI is InChI=1S/C15H11F6NO/c16-14(17,18)12-6-5-9(7-10(12)8-22)11-3-1-2-4-13(11)23-15(19,20)21/h1-7H,8,22H2. The van der Waals surface area contributed by atoms with E-state index in [-0.39, 0.29) is 16.7 Å². The highest BCUT2D eigenvalue weighted by atomic mass is 19.4. The summed E-state index contributed by atoms with van der Waals surface area (Å²) in [6.45, 7) is -0.398. The third-order valence-corrected chi connectivity index (χ3v) is 3.05. The van der Waals surface area contributed by atoms with E-state index in [2.05, 4.69) is 4.74 Å². The van der Waals surface area contributed by atoms with Crippen molar-refractivity contribution in [1.29, 1.82) is 0 Å². The molecule has 2 rings (SSSR count). The van der Waals surface area contributed by atoms with Gasteiger partial charge in [-0.05, 0) is 29.3 Å². The molecule has 23 heavy (non-hydrogen) atoms. The maximum atomic E-state index is 12.8. The zero-order chi connectivity index (χ0) is 17.3. The van der Waals surface area contributed by atoms with Gasteiger partial charge in [0.2, 0.25) is 0 Å². The van der Waals surface area contributed by atoms with Crippen molar-refractivity contribution in [1.82, 2.24) is 0 Å². The fourth-order valence-corrected chi connectivity index (χ4v) is 2.13. The van der Waals surface area contributed by atoms with Crippen LogP contribution in [0.25, 0.3) is 11.1 Å². The van der Waals surface area contributed by atoms with Gasteiger partial charge in [0, 0.05) is 12.1 Å². The van der Waals surface area contributed by atoms with Crippen LogP contribution < -0.4 is 10.5 Å². The van der Waals surface area contributed by atoms with Gasteiger partial charge in [-0.2, -0.15) is 13.2 Å². The van der Waals surface area contributed by atoms with E-state index in [1.807, 2.05) is 0 Å². The van der Waals surface area contributed by atoms with Crippen molar-refractivity contribution in [3.8, 4) is 16.9 Å². The summed E-state index contributed by atoms with van der Waals surface area (Å²) in [5.74, 6) is -0.497. The largest absolute Gasteiger partial charge is 0.573 e. The minimum atomic E-state index is -4.90. The Balaban J connectivity index is 2.52. The van der Waals surface area contributed by atoms with Crippen molar-refractivity contribution in [2.75, 3.05) is 0 Å². The molecule has 0 aliphatic rings. The van der Waals surface area contributed by atoms with Gasteiger partial charge in [-0.25, -0.2) is 0 Å². The van der Waals surface area contributed by atoms with Gasteiger partial charge in [0.05, 0.1) is 5.56 Å². The lowest BCUT2D eigenvalue weighted by Crippen LogP contribution is -2.17. The lowest BCUT2D eigenvalue weighted by molar-refractivity contribution is -0.274. The van der Waals surface area contributed by atoms with Crippen LogP contribution in [0, 0.1) is 0 Å². The third kappa shape index (κ3) is 4.16. The summed E-state index contributed by atoms with van der Waals surface area (Å²) in [5, 5.41) is 0. The number of para-hydroxylation sites is 1. The van der Waals surface area contributed by atoms with Gasteiger partial charge in [0.1, 0.15) is 5.75 Å².